The molecule has 0 spiro atoms. The van der Waals surface area contributed by atoms with Crippen LogP contribution in [0.1, 0.15) is 24.0 Å². The number of aryl methyl sites for hydroxylation is 1. The first kappa shape index (κ1) is 21.7. The summed E-state index contributed by atoms with van der Waals surface area (Å²) in [6.07, 6.45) is 3.28. The molecule has 2 aromatic rings. The third kappa shape index (κ3) is 5.34. The van der Waals surface area contributed by atoms with Crippen LogP contribution in [0.3, 0.4) is 0 Å². The van der Waals surface area contributed by atoms with Crippen molar-refractivity contribution < 1.29 is 13.6 Å². The first-order chi connectivity index (χ1) is 14.3. The lowest BCUT2D eigenvalue weighted by Gasteiger charge is -2.19. The Morgan fingerprint density at radius 3 is 2.87 bits per heavy atom. The summed E-state index contributed by atoms with van der Waals surface area (Å²) < 4.78 is 28.8. The van der Waals surface area contributed by atoms with Crippen molar-refractivity contribution in [1.29, 1.82) is 5.26 Å². The van der Waals surface area contributed by atoms with Crippen molar-refractivity contribution in [3.63, 3.8) is 0 Å². The van der Waals surface area contributed by atoms with Gasteiger partial charge in [0, 0.05) is 23.5 Å². The molecule has 1 aliphatic carbocycles. The van der Waals surface area contributed by atoms with Gasteiger partial charge < -0.3 is 10.6 Å². The molecule has 0 aromatic carbocycles. The predicted octanol–water partition coefficient (Wildman–Crippen LogP) is 3.57. The SMILES string of the molecule is Cc1ccc2nc(CNCC(=O)CNC3=CC(C)(F)C(CC#N)=C(F)C=C3)sc2n1. The van der Waals surface area contributed by atoms with Crippen molar-refractivity contribution in [2.75, 3.05) is 13.1 Å². The van der Waals surface area contributed by atoms with E-state index in [4.69, 9.17) is 5.26 Å². The van der Waals surface area contributed by atoms with Crippen LogP contribution in [0.15, 0.2) is 47.5 Å². The maximum Gasteiger partial charge on any atom is 0.165 e. The van der Waals surface area contributed by atoms with Gasteiger partial charge in [0.25, 0.3) is 0 Å². The number of carbonyl (C=O) groups is 1. The van der Waals surface area contributed by atoms with Gasteiger partial charge in [0.1, 0.15) is 21.2 Å². The first-order valence-electron chi connectivity index (χ1n) is 9.34. The number of hydrogen-bond acceptors (Lipinski definition) is 7. The number of nitrogens with one attached hydrogen (secondary N) is 2. The molecular weight excluding hydrogens is 408 g/mol. The lowest BCUT2D eigenvalue weighted by atomic mass is 9.94. The number of nitriles is 1. The molecule has 156 valence electrons. The summed E-state index contributed by atoms with van der Waals surface area (Å²) in [6.45, 7) is 3.60. The molecule has 1 unspecified atom stereocenters. The van der Waals surface area contributed by atoms with Crippen LogP contribution in [0.2, 0.25) is 0 Å². The van der Waals surface area contributed by atoms with E-state index < -0.39 is 11.5 Å². The smallest absolute Gasteiger partial charge is 0.165 e. The quantitative estimate of drug-likeness (QED) is 0.667. The van der Waals surface area contributed by atoms with E-state index in [1.165, 1.54) is 30.4 Å². The number of allylic oxidation sites excluding steroid dienone is 5. The van der Waals surface area contributed by atoms with Gasteiger partial charge in [-0.25, -0.2) is 18.7 Å². The molecule has 6 nitrogen and oxygen atoms in total. The molecule has 2 heterocycles. The normalized spacial score (nSPS) is 18.8. The van der Waals surface area contributed by atoms with E-state index in [1.807, 2.05) is 19.1 Å². The van der Waals surface area contributed by atoms with Gasteiger partial charge in [-0.3, -0.25) is 4.79 Å². The third-order valence-electron chi connectivity index (χ3n) is 4.50. The molecule has 1 aliphatic rings. The molecular formula is C21H21F2N5OS. The molecule has 0 saturated carbocycles. The van der Waals surface area contributed by atoms with Crippen LogP contribution in [0.25, 0.3) is 10.3 Å². The molecule has 0 saturated heterocycles. The van der Waals surface area contributed by atoms with Crippen molar-refractivity contribution in [3.05, 3.63) is 58.2 Å². The topological polar surface area (TPSA) is 90.7 Å². The van der Waals surface area contributed by atoms with E-state index in [1.54, 1.807) is 6.07 Å². The van der Waals surface area contributed by atoms with Crippen LogP contribution in [0.5, 0.6) is 0 Å². The summed E-state index contributed by atoms with van der Waals surface area (Å²) in [4.78, 5) is 21.9. The molecule has 0 aliphatic heterocycles. The number of ketones is 1. The molecule has 30 heavy (non-hydrogen) atoms. The fourth-order valence-corrected chi connectivity index (χ4v) is 3.92. The fourth-order valence-electron chi connectivity index (χ4n) is 2.97. The highest BCUT2D eigenvalue weighted by molar-refractivity contribution is 7.18. The van der Waals surface area contributed by atoms with Crippen molar-refractivity contribution >= 4 is 27.5 Å². The number of halogens is 2. The van der Waals surface area contributed by atoms with Crippen molar-refractivity contribution in [2.45, 2.75) is 32.5 Å². The van der Waals surface area contributed by atoms with Crippen LogP contribution in [-0.4, -0.2) is 34.5 Å². The van der Waals surface area contributed by atoms with Gasteiger partial charge in [-0.05, 0) is 44.2 Å². The van der Waals surface area contributed by atoms with Gasteiger partial charge in [-0.2, -0.15) is 5.26 Å². The van der Waals surface area contributed by atoms with Gasteiger partial charge in [0.05, 0.1) is 25.6 Å². The van der Waals surface area contributed by atoms with Crippen LogP contribution < -0.4 is 10.6 Å². The molecule has 0 amide bonds. The monoisotopic (exact) mass is 429 g/mol. The highest BCUT2D eigenvalue weighted by atomic mass is 32.1. The van der Waals surface area contributed by atoms with Gasteiger partial charge >= 0.3 is 0 Å². The minimum absolute atomic E-state index is 0.0466. The maximum absolute atomic E-state index is 14.8. The summed E-state index contributed by atoms with van der Waals surface area (Å²) in [7, 11) is 0. The molecule has 2 N–H and O–H groups in total. The summed E-state index contributed by atoms with van der Waals surface area (Å²) in [6, 6.07) is 5.59. The van der Waals surface area contributed by atoms with E-state index in [9.17, 15) is 13.6 Å². The van der Waals surface area contributed by atoms with Crippen LogP contribution in [-0.2, 0) is 11.3 Å². The number of rotatable bonds is 8. The standard InChI is InChI=1S/C21H21F2N5OS/c1-13-3-6-18-20(27-13)30-19(28-18)12-25-10-15(29)11-26-14-4-5-17(22)16(7-8-24)21(2,23)9-14/h3-6,9,25-26H,7,10-12H2,1-2H3. The molecule has 0 bridgehead atoms. The van der Waals surface area contributed by atoms with Crippen molar-refractivity contribution in [2.24, 2.45) is 0 Å². The summed E-state index contributed by atoms with van der Waals surface area (Å²) in [5.74, 6) is -0.919. The summed E-state index contributed by atoms with van der Waals surface area (Å²) in [5.41, 5.74) is -0.316. The average molecular weight is 429 g/mol. The van der Waals surface area contributed by atoms with Crippen LogP contribution in [0, 0.1) is 18.3 Å². The zero-order valence-electron chi connectivity index (χ0n) is 16.6. The van der Waals surface area contributed by atoms with Gasteiger partial charge in [-0.15, -0.1) is 0 Å². The zero-order valence-corrected chi connectivity index (χ0v) is 17.4. The van der Waals surface area contributed by atoms with E-state index in [2.05, 4.69) is 20.6 Å². The number of hydrogen-bond donors (Lipinski definition) is 2. The lowest BCUT2D eigenvalue weighted by Crippen LogP contribution is -2.31. The predicted molar refractivity (Wildman–Crippen MR) is 112 cm³/mol. The Bertz CT molecular complexity index is 1090. The second kappa shape index (κ2) is 9.24. The largest absolute Gasteiger partial charge is 0.378 e. The Labute approximate surface area is 177 Å². The number of pyridine rings is 1. The second-order valence-electron chi connectivity index (χ2n) is 7.05. The molecule has 1 atom stereocenters. The van der Waals surface area contributed by atoms with Gasteiger partial charge in [0.2, 0.25) is 0 Å². The second-order valence-corrected chi connectivity index (χ2v) is 8.11. The van der Waals surface area contributed by atoms with Crippen molar-refractivity contribution in [3.8, 4) is 6.07 Å². The Hall–Kier alpha value is -2.96. The lowest BCUT2D eigenvalue weighted by molar-refractivity contribution is -0.117. The Morgan fingerprint density at radius 2 is 2.10 bits per heavy atom. The highest BCUT2D eigenvalue weighted by Crippen LogP contribution is 2.32. The minimum atomic E-state index is -2.12. The van der Waals surface area contributed by atoms with E-state index in [0.717, 1.165) is 27.1 Å². The Morgan fingerprint density at radius 1 is 1.30 bits per heavy atom. The number of Topliss-reactive ketones (excluding diaryl/α,β-unsaturated/α-hetero) is 1. The molecule has 0 radical (unpaired) electrons. The average Bonchev–Trinajstić information content (AvgIpc) is 3.04. The Kier molecular flexibility index (Phi) is 6.70. The number of aromatic nitrogens is 2. The first-order valence-corrected chi connectivity index (χ1v) is 10.2. The Balaban J connectivity index is 1.51. The van der Waals surface area contributed by atoms with Crippen LogP contribution in [0.4, 0.5) is 8.78 Å². The van der Waals surface area contributed by atoms with Crippen molar-refractivity contribution in [1.82, 2.24) is 20.6 Å². The van der Waals surface area contributed by atoms with Gasteiger partial charge in [0.15, 0.2) is 11.5 Å². The molecule has 3 rings (SSSR count). The number of thiazole rings is 1. The zero-order chi connectivity index (χ0) is 21.7. The van der Waals surface area contributed by atoms with E-state index >= 15 is 0 Å². The number of nitrogens with zero attached hydrogens (tertiary/aromatic N) is 3. The molecule has 0 fully saturated rings. The summed E-state index contributed by atoms with van der Waals surface area (Å²) in [5, 5.41) is 15.5. The number of alkyl halides is 1. The van der Waals surface area contributed by atoms with Crippen LogP contribution >= 0.6 is 11.3 Å². The fraction of sp³-hybridized carbons (Fsp3) is 0.333. The number of fused-ring (bicyclic) bond motifs is 1. The minimum Gasteiger partial charge on any atom is -0.378 e. The van der Waals surface area contributed by atoms with Gasteiger partial charge in [-0.1, -0.05) is 11.3 Å². The van der Waals surface area contributed by atoms with E-state index in [0.29, 0.717) is 6.54 Å². The highest BCUT2D eigenvalue weighted by Gasteiger charge is 2.30. The third-order valence-corrected chi connectivity index (χ3v) is 5.46. The molecule has 2 aromatic heterocycles. The molecule has 9 heteroatoms. The summed E-state index contributed by atoms with van der Waals surface area (Å²) >= 11 is 1.47. The van der Waals surface area contributed by atoms with E-state index in [-0.39, 0.29) is 36.6 Å². The maximum atomic E-state index is 14.8. The number of carbonyl (C=O) groups excluding carboxylic acids is 1.